The van der Waals surface area contributed by atoms with Crippen molar-refractivity contribution in [2.24, 2.45) is 0 Å². The monoisotopic (exact) mass is 532 g/mol. The van der Waals surface area contributed by atoms with Crippen LogP contribution in [-0.4, -0.2) is 21.8 Å². The van der Waals surface area contributed by atoms with E-state index < -0.39 is 0 Å². The average molecular weight is 533 g/mol. The number of aryl methyl sites for hydroxylation is 1. The van der Waals surface area contributed by atoms with Crippen LogP contribution in [-0.2, 0) is 0 Å². The molecule has 6 nitrogen and oxygen atoms in total. The molecule has 2 atom stereocenters. The second-order valence-electron chi connectivity index (χ2n) is 9.41. The lowest BCUT2D eigenvalue weighted by Gasteiger charge is -2.29. The molecule has 1 aliphatic rings. The van der Waals surface area contributed by atoms with Crippen molar-refractivity contribution < 1.29 is 9.47 Å². The van der Waals surface area contributed by atoms with Gasteiger partial charge in [0.15, 0.2) is 5.11 Å². The molecule has 0 saturated carbocycles. The van der Waals surface area contributed by atoms with Crippen LogP contribution in [0.2, 0.25) is 0 Å². The summed E-state index contributed by atoms with van der Waals surface area (Å²) < 4.78 is 13.5. The zero-order chi connectivity index (χ0) is 26.8. The lowest BCUT2D eigenvalue weighted by molar-refractivity contribution is 0.413. The molecule has 6 rings (SSSR count). The Bertz CT molecular complexity index is 1580. The molecule has 0 amide bonds. The van der Waals surface area contributed by atoms with Gasteiger partial charge in [0.2, 0.25) is 0 Å². The number of thiocarbonyl (C=S) groups is 1. The van der Waals surface area contributed by atoms with E-state index in [1.54, 1.807) is 7.11 Å². The van der Waals surface area contributed by atoms with E-state index >= 15 is 0 Å². The van der Waals surface area contributed by atoms with Crippen molar-refractivity contribution in [1.29, 1.82) is 0 Å². The number of ether oxygens (including phenoxy) is 2. The maximum atomic E-state index is 6.06. The fourth-order valence-electron chi connectivity index (χ4n) is 5.04. The molecule has 1 N–H and O–H groups in total. The fourth-order valence-corrected chi connectivity index (χ4v) is 5.38. The van der Waals surface area contributed by atoms with Crippen molar-refractivity contribution in [2.45, 2.75) is 19.0 Å². The Morgan fingerprint density at radius 2 is 1.54 bits per heavy atom. The van der Waals surface area contributed by atoms with Crippen LogP contribution in [0, 0.1) is 6.92 Å². The Hall–Kier alpha value is -4.62. The molecule has 3 heterocycles. The third-order valence-electron chi connectivity index (χ3n) is 6.87. The summed E-state index contributed by atoms with van der Waals surface area (Å²) in [6.07, 6.45) is 3.93. The number of hydrogen-bond acceptors (Lipinski definition) is 4. The van der Waals surface area contributed by atoms with Crippen LogP contribution in [0.1, 0.15) is 29.0 Å². The quantitative estimate of drug-likeness (QED) is 0.225. The highest BCUT2D eigenvalue weighted by atomic mass is 32.1. The first-order valence-corrected chi connectivity index (χ1v) is 13.2. The molecule has 0 bridgehead atoms. The van der Waals surface area contributed by atoms with E-state index in [0.717, 1.165) is 40.0 Å². The van der Waals surface area contributed by atoms with Crippen LogP contribution < -0.4 is 19.7 Å². The summed E-state index contributed by atoms with van der Waals surface area (Å²) in [5.74, 6) is 2.27. The van der Waals surface area contributed by atoms with Gasteiger partial charge in [-0.15, -0.1) is 0 Å². The van der Waals surface area contributed by atoms with E-state index in [9.17, 15) is 0 Å². The van der Waals surface area contributed by atoms with E-state index in [0.29, 0.717) is 5.11 Å². The number of pyridine rings is 1. The van der Waals surface area contributed by atoms with E-state index in [-0.39, 0.29) is 12.1 Å². The van der Waals surface area contributed by atoms with Crippen molar-refractivity contribution in [3.63, 3.8) is 0 Å². The van der Waals surface area contributed by atoms with Gasteiger partial charge in [-0.3, -0.25) is 4.98 Å². The van der Waals surface area contributed by atoms with E-state index in [1.165, 1.54) is 5.56 Å². The second-order valence-corrected chi connectivity index (χ2v) is 9.80. The third-order valence-corrected chi connectivity index (χ3v) is 7.19. The van der Waals surface area contributed by atoms with E-state index in [1.807, 2.05) is 72.9 Å². The third kappa shape index (κ3) is 4.96. The molecule has 1 saturated heterocycles. The largest absolute Gasteiger partial charge is 0.497 e. The fraction of sp³-hybridized carbons (Fsp3) is 0.125. The summed E-state index contributed by atoms with van der Waals surface area (Å²) in [6, 6.07) is 34.0. The summed E-state index contributed by atoms with van der Waals surface area (Å²) in [7, 11) is 1.65. The predicted octanol–water partition coefficient (Wildman–Crippen LogP) is 7.16. The molecule has 7 heteroatoms. The molecule has 194 valence electrons. The van der Waals surface area contributed by atoms with Crippen molar-refractivity contribution in [3.8, 4) is 22.9 Å². The van der Waals surface area contributed by atoms with Gasteiger partial charge < -0.3 is 24.3 Å². The van der Waals surface area contributed by atoms with Gasteiger partial charge in [-0.25, -0.2) is 0 Å². The standard InChI is InChI=1S/C32H28N4O2S/c1-22-7-5-8-24(21-22)35-20-6-10-29(35)31-30(28-9-3-4-19-33-28)34-32(39)36(31)23-11-13-26(14-12-23)38-27-17-15-25(37-2)16-18-27/h3-21,30-31H,1-2H3,(H,34,39)/t30-,31-/m0/s1. The molecule has 1 aliphatic heterocycles. The van der Waals surface area contributed by atoms with Crippen LogP contribution in [0.5, 0.6) is 17.2 Å². The molecular formula is C32H28N4O2S. The zero-order valence-electron chi connectivity index (χ0n) is 21.7. The average Bonchev–Trinajstić information content (AvgIpc) is 3.59. The number of benzene rings is 3. The second kappa shape index (κ2) is 10.6. The van der Waals surface area contributed by atoms with Gasteiger partial charge >= 0.3 is 0 Å². The van der Waals surface area contributed by atoms with Gasteiger partial charge in [-0.1, -0.05) is 18.2 Å². The van der Waals surface area contributed by atoms with Gasteiger partial charge in [0.05, 0.1) is 18.8 Å². The number of methoxy groups -OCH3 is 1. The molecule has 0 spiro atoms. The SMILES string of the molecule is COc1ccc(Oc2ccc(N3C(=S)N[C@@H](c4ccccn4)[C@@H]3c3cccn3-c3cccc(C)c3)cc2)cc1. The van der Waals surface area contributed by atoms with Gasteiger partial charge in [-0.2, -0.15) is 0 Å². The maximum Gasteiger partial charge on any atom is 0.174 e. The van der Waals surface area contributed by atoms with Crippen LogP contribution in [0.3, 0.4) is 0 Å². The highest BCUT2D eigenvalue weighted by molar-refractivity contribution is 7.80. The van der Waals surface area contributed by atoms with Gasteiger partial charge in [0.1, 0.15) is 23.3 Å². The minimum absolute atomic E-state index is 0.128. The van der Waals surface area contributed by atoms with E-state index in [4.69, 9.17) is 21.7 Å². The zero-order valence-corrected chi connectivity index (χ0v) is 22.5. The number of hydrogen-bond donors (Lipinski definition) is 1. The number of anilines is 1. The molecule has 1 fully saturated rings. The molecule has 39 heavy (non-hydrogen) atoms. The topological polar surface area (TPSA) is 51.6 Å². The van der Waals surface area contributed by atoms with Crippen molar-refractivity contribution in [1.82, 2.24) is 14.9 Å². The summed E-state index contributed by atoms with van der Waals surface area (Å²) in [4.78, 5) is 6.86. The van der Waals surface area contributed by atoms with Crippen LogP contribution in [0.15, 0.2) is 116 Å². The normalized spacial score (nSPS) is 16.7. The minimum atomic E-state index is -0.132. The highest BCUT2D eigenvalue weighted by Crippen LogP contribution is 2.42. The highest BCUT2D eigenvalue weighted by Gasteiger charge is 2.42. The Balaban J connectivity index is 1.37. The van der Waals surface area contributed by atoms with Crippen molar-refractivity contribution in [3.05, 3.63) is 132 Å². The molecule has 2 aromatic heterocycles. The van der Waals surface area contributed by atoms with Gasteiger partial charge in [0, 0.05) is 29.5 Å². The molecule has 0 aliphatic carbocycles. The number of nitrogens with one attached hydrogen (secondary N) is 1. The van der Waals surface area contributed by atoms with Crippen molar-refractivity contribution in [2.75, 3.05) is 12.0 Å². The van der Waals surface area contributed by atoms with Gasteiger partial charge in [-0.05, 0) is 110 Å². The lowest BCUT2D eigenvalue weighted by atomic mass is 10.0. The Morgan fingerprint density at radius 3 is 2.23 bits per heavy atom. The number of nitrogens with zero attached hydrogens (tertiary/aromatic N) is 3. The smallest absolute Gasteiger partial charge is 0.174 e. The van der Waals surface area contributed by atoms with Gasteiger partial charge in [0.25, 0.3) is 0 Å². The Kier molecular flexibility index (Phi) is 6.73. The predicted molar refractivity (Wildman–Crippen MR) is 158 cm³/mol. The summed E-state index contributed by atoms with van der Waals surface area (Å²) in [5.41, 5.74) is 5.33. The maximum absolute atomic E-state index is 6.06. The van der Waals surface area contributed by atoms with Crippen LogP contribution >= 0.6 is 12.2 Å². The molecule has 5 aromatic rings. The lowest BCUT2D eigenvalue weighted by Crippen LogP contribution is -2.30. The number of aromatic nitrogens is 2. The number of rotatable bonds is 7. The molecule has 0 radical (unpaired) electrons. The molecule has 0 unspecified atom stereocenters. The first-order chi connectivity index (χ1) is 19.1. The minimum Gasteiger partial charge on any atom is -0.497 e. The van der Waals surface area contributed by atoms with Crippen LogP contribution in [0.25, 0.3) is 5.69 Å². The summed E-state index contributed by atoms with van der Waals surface area (Å²) in [5, 5.41) is 4.20. The molecular weight excluding hydrogens is 504 g/mol. The first kappa shape index (κ1) is 24.7. The summed E-state index contributed by atoms with van der Waals surface area (Å²) >= 11 is 5.93. The van der Waals surface area contributed by atoms with Crippen molar-refractivity contribution >= 4 is 23.0 Å². The molecule has 3 aromatic carbocycles. The van der Waals surface area contributed by atoms with Crippen LogP contribution in [0.4, 0.5) is 5.69 Å². The first-order valence-electron chi connectivity index (χ1n) is 12.8. The Morgan fingerprint density at radius 1 is 0.795 bits per heavy atom. The Labute approximate surface area is 233 Å². The summed E-state index contributed by atoms with van der Waals surface area (Å²) in [6.45, 7) is 2.11. The van der Waals surface area contributed by atoms with E-state index in [2.05, 4.69) is 69.3 Å².